The molecule has 0 atom stereocenters. The van der Waals surface area contributed by atoms with E-state index in [1.807, 2.05) is 42.1 Å². The van der Waals surface area contributed by atoms with Crippen LogP contribution in [-0.4, -0.2) is 15.5 Å². The summed E-state index contributed by atoms with van der Waals surface area (Å²) in [4.78, 5) is 16.0. The summed E-state index contributed by atoms with van der Waals surface area (Å²) in [5, 5.41) is 2.84. The molecule has 0 aliphatic carbocycles. The second-order valence-corrected chi connectivity index (χ2v) is 4.89. The Hall–Kier alpha value is -1.37. The van der Waals surface area contributed by atoms with Gasteiger partial charge in [-0.25, -0.2) is 4.98 Å². The molecule has 4 nitrogen and oxygen atoms in total. The maximum Gasteiger partial charge on any atom is 0.251 e. The monoisotopic (exact) mass is 341 g/mol. The molecule has 0 saturated carbocycles. The smallest absolute Gasteiger partial charge is 0.251 e. The lowest BCUT2D eigenvalue weighted by atomic mass is 10.2. The summed E-state index contributed by atoms with van der Waals surface area (Å²) in [6, 6.07) is 7.46. The largest absolute Gasteiger partial charge is 0.345 e. The Bertz CT molecular complexity index is 519. The molecule has 1 aromatic carbocycles. The topological polar surface area (TPSA) is 46.9 Å². The van der Waals surface area contributed by atoms with Crippen LogP contribution in [0.4, 0.5) is 0 Å². The maximum absolute atomic E-state index is 11.8. The van der Waals surface area contributed by atoms with Gasteiger partial charge in [-0.15, -0.1) is 0 Å². The highest BCUT2D eigenvalue weighted by molar-refractivity contribution is 14.1. The van der Waals surface area contributed by atoms with E-state index >= 15 is 0 Å². The van der Waals surface area contributed by atoms with Crippen molar-refractivity contribution in [3.63, 3.8) is 0 Å². The summed E-state index contributed by atoms with van der Waals surface area (Å²) < 4.78 is 3.00. The zero-order chi connectivity index (χ0) is 12.3. The van der Waals surface area contributed by atoms with Gasteiger partial charge in [0.1, 0.15) is 5.82 Å². The Morgan fingerprint density at radius 2 is 2.12 bits per heavy atom. The van der Waals surface area contributed by atoms with Crippen LogP contribution >= 0.6 is 22.6 Å². The molecule has 0 bridgehead atoms. The van der Waals surface area contributed by atoms with Crippen molar-refractivity contribution < 1.29 is 4.79 Å². The number of halogens is 1. The third-order valence-corrected chi connectivity index (χ3v) is 3.15. The van der Waals surface area contributed by atoms with Crippen molar-refractivity contribution in [3.05, 3.63) is 51.6 Å². The molecule has 88 valence electrons. The number of aromatic nitrogens is 2. The number of aryl methyl sites for hydroxylation is 1. The van der Waals surface area contributed by atoms with Gasteiger partial charge in [0.2, 0.25) is 0 Å². The van der Waals surface area contributed by atoms with Gasteiger partial charge in [0, 0.05) is 28.6 Å². The van der Waals surface area contributed by atoms with E-state index < -0.39 is 0 Å². The molecular weight excluding hydrogens is 329 g/mol. The molecule has 0 saturated heterocycles. The molecule has 0 spiro atoms. The van der Waals surface area contributed by atoms with Crippen LogP contribution in [0.2, 0.25) is 0 Å². The number of hydrogen-bond donors (Lipinski definition) is 1. The molecule has 0 aliphatic heterocycles. The van der Waals surface area contributed by atoms with Crippen molar-refractivity contribution in [3.8, 4) is 0 Å². The van der Waals surface area contributed by atoms with Crippen LogP contribution < -0.4 is 5.32 Å². The van der Waals surface area contributed by atoms with Crippen LogP contribution in [0.1, 0.15) is 16.2 Å². The standard InChI is InChI=1S/C12H12IN3O/c1-16-7-6-14-11(16)8-15-12(17)9-2-4-10(13)5-3-9/h2-7H,8H2,1H3,(H,15,17). The van der Waals surface area contributed by atoms with Crippen LogP contribution in [0, 0.1) is 3.57 Å². The second kappa shape index (κ2) is 5.31. The Labute approximate surface area is 113 Å². The van der Waals surface area contributed by atoms with Gasteiger partial charge < -0.3 is 9.88 Å². The number of carbonyl (C=O) groups is 1. The van der Waals surface area contributed by atoms with Crippen molar-refractivity contribution in [1.82, 2.24) is 14.9 Å². The molecule has 1 N–H and O–H groups in total. The van der Waals surface area contributed by atoms with Gasteiger partial charge in [-0.2, -0.15) is 0 Å². The number of nitrogens with zero attached hydrogens (tertiary/aromatic N) is 2. The zero-order valence-electron chi connectivity index (χ0n) is 9.35. The highest BCUT2D eigenvalue weighted by atomic mass is 127. The predicted octanol–water partition coefficient (Wildman–Crippen LogP) is 1.95. The lowest BCUT2D eigenvalue weighted by Gasteiger charge is -2.05. The molecular formula is C12H12IN3O. The van der Waals surface area contributed by atoms with E-state index in [9.17, 15) is 4.79 Å². The van der Waals surface area contributed by atoms with Gasteiger partial charge >= 0.3 is 0 Å². The lowest BCUT2D eigenvalue weighted by molar-refractivity contribution is 0.0949. The van der Waals surface area contributed by atoms with Crippen molar-refractivity contribution in [2.75, 3.05) is 0 Å². The Morgan fingerprint density at radius 3 is 2.71 bits per heavy atom. The first-order valence-corrected chi connectivity index (χ1v) is 6.24. The van der Waals surface area contributed by atoms with Crippen molar-refractivity contribution >= 4 is 28.5 Å². The predicted molar refractivity (Wildman–Crippen MR) is 73.5 cm³/mol. The van der Waals surface area contributed by atoms with E-state index in [-0.39, 0.29) is 5.91 Å². The van der Waals surface area contributed by atoms with Gasteiger partial charge in [-0.3, -0.25) is 4.79 Å². The summed E-state index contributed by atoms with van der Waals surface area (Å²) >= 11 is 2.21. The minimum atomic E-state index is -0.0793. The molecule has 1 amide bonds. The normalized spacial score (nSPS) is 10.2. The highest BCUT2D eigenvalue weighted by Gasteiger charge is 2.06. The quantitative estimate of drug-likeness (QED) is 0.868. The summed E-state index contributed by atoms with van der Waals surface area (Å²) in [7, 11) is 1.90. The van der Waals surface area contributed by atoms with E-state index in [1.165, 1.54) is 0 Å². The summed E-state index contributed by atoms with van der Waals surface area (Å²) in [5.41, 5.74) is 0.666. The summed E-state index contributed by atoms with van der Waals surface area (Å²) in [6.45, 7) is 0.439. The van der Waals surface area contributed by atoms with Crippen molar-refractivity contribution in [1.29, 1.82) is 0 Å². The fourth-order valence-electron chi connectivity index (χ4n) is 1.43. The highest BCUT2D eigenvalue weighted by Crippen LogP contribution is 2.06. The first kappa shape index (κ1) is 12.1. The third-order valence-electron chi connectivity index (χ3n) is 2.43. The minimum Gasteiger partial charge on any atom is -0.345 e. The van der Waals surface area contributed by atoms with Crippen LogP contribution in [0.15, 0.2) is 36.7 Å². The van der Waals surface area contributed by atoms with E-state index in [2.05, 4.69) is 32.9 Å². The average molecular weight is 341 g/mol. The van der Waals surface area contributed by atoms with Gasteiger partial charge in [0.05, 0.1) is 6.54 Å². The van der Waals surface area contributed by atoms with Gasteiger partial charge in [0.15, 0.2) is 0 Å². The van der Waals surface area contributed by atoms with Crippen molar-refractivity contribution in [2.24, 2.45) is 7.05 Å². The molecule has 2 aromatic rings. The summed E-state index contributed by atoms with van der Waals surface area (Å²) in [6.07, 6.45) is 3.57. The number of hydrogen-bond acceptors (Lipinski definition) is 2. The SMILES string of the molecule is Cn1ccnc1CNC(=O)c1ccc(I)cc1. The number of imidazole rings is 1. The molecule has 1 heterocycles. The Morgan fingerprint density at radius 1 is 1.41 bits per heavy atom. The van der Waals surface area contributed by atoms with Crippen LogP contribution in [0.25, 0.3) is 0 Å². The van der Waals surface area contributed by atoms with E-state index in [0.29, 0.717) is 12.1 Å². The Balaban J connectivity index is 1.98. The van der Waals surface area contributed by atoms with Crippen LogP contribution in [0.3, 0.4) is 0 Å². The first-order valence-electron chi connectivity index (χ1n) is 5.17. The average Bonchev–Trinajstić information content (AvgIpc) is 2.73. The van der Waals surface area contributed by atoms with Gasteiger partial charge in [-0.1, -0.05) is 0 Å². The molecule has 0 aliphatic rings. The fourth-order valence-corrected chi connectivity index (χ4v) is 1.79. The van der Waals surface area contributed by atoms with Gasteiger partial charge in [-0.05, 0) is 46.9 Å². The number of amides is 1. The van der Waals surface area contributed by atoms with Crippen LogP contribution in [0.5, 0.6) is 0 Å². The van der Waals surface area contributed by atoms with Gasteiger partial charge in [0.25, 0.3) is 5.91 Å². The molecule has 0 radical (unpaired) electrons. The molecule has 5 heteroatoms. The fraction of sp³-hybridized carbons (Fsp3) is 0.167. The molecule has 17 heavy (non-hydrogen) atoms. The lowest BCUT2D eigenvalue weighted by Crippen LogP contribution is -2.24. The number of rotatable bonds is 3. The summed E-state index contributed by atoms with van der Waals surface area (Å²) in [5.74, 6) is 0.758. The second-order valence-electron chi connectivity index (χ2n) is 3.64. The molecule has 0 unspecified atom stereocenters. The minimum absolute atomic E-state index is 0.0793. The number of benzene rings is 1. The van der Waals surface area contributed by atoms with E-state index in [1.54, 1.807) is 6.20 Å². The Kier molecular flexibility index (Phi) is 3.78. The van der Waals surface area contributed by atoms with E-state index in [4.69, 9.17) is 0 Å². The number of carbonyl (C=O) groups excluding carboxylic acids is 1. The third kappa shape index (κ3) is 3.06. The molecule has 2 rings (SSSR count). The van der Waals surface area contributed by atoms with Crippen molar-refractivity contribution in [2.45, 2.75) is 6.54 Å². The molecule has 0 fully saturated rings. The van der Waals surface area contributed by atoms with E-state index in [0.717, 1.165) is 9.39 Å². The van der Waals surface area contributed by atoms with Crippen LogP contribution in [-0.2, 0) is 13.6 Å². The maximum atomic E-state index is 11.8. The molecule has 1 aromatic heterocycles. The number of nitrogens with one attached hydrogen (secondary N) is 1. The zero-order valence-corrected chi connectivity index (χ0v) is 11.5. The first-order chi connectivity index (χ1) is 8.16.